The van der Waals surface area contributed by atoms with E-state index in [4.69, 9.17) is 27.9 Å². The van der Waals surface area contributed by atoms with E-state index in [2.05, 4.69) is 23.4 Å². The highest BCUT2D eigenvalue weighted by Crippen LogP contribution is 2.26. The van der Waals surface area contributed by atoms with Crippen molar-refractivity contribution < 1.29 is 4.74 Å². The van der Waals surface area contributed by atoms with E-state index < -0.39 is 0 Å². The molecule has 0 amide bonds. The van der Waals surface area contributed by atoms with Crippen LogP contribution in [0.15, 0.2) is 18.2 Å². The van der Waals surface area contributed by atoms with Crippen LogP contribution in [0.25, 0.3) is 11.0 Å². The molecule has 2 rings (SSSR count). The number of aromatic nitrogens is 2. The molecule has 0 saturated carbocycles. The zero-order chi connectivity index (χ0) is 14.7. The number of hydrogen-bond donors (Lipinski definition) is 0. The van der Waals surface area contributed by atoms with E-state index in [0.29, 0.717) is 17.5 Å². The van der Waals surface area contributed by atoms with Gasteiger partial charge in [0.25, 0.3) is 0 Å². The van der Waals surface area contributed by atoms with Crippen LogP contribution < -0.4 is 0 Å². The van der Waals surface area contributed by atoms with E-state index in [1.165, 1.54) is 0 Å². The second-order valence-corrected chi connectivity index (χ2v) is 6.43. The fourth-order valence-corrected chi connectivity index (χ4v) is 2.46. The van der Waals surface area contributed by atoms with Crippen LogP contribution in [-0.4, -0.2) is 22.8 Å². The zero-order valence-electron chi connectivity index (χ0n) is 12.1. The minimum atomic E-state index is -0.147. The molecule has 2 aromatic rings. The largest absolute Gasteiger partial charge is 0.379 e. The second kappa shape index (κ2) is 6.79. The van der Waals surface area contributed by atoms with Crippen molar-refractivity contribution in [1.82, 2.24) is 9.55 Å². The number of fused-ring (bicyclic) bond motifs is 1. The number of ether oxygens (including phenoxy) is 1. The summed E-state index contributed by atoms with van der Waals surface area (Å²) in [7, 11) is 0. The minimum Gasteiger partial charge on any atom is -0.379 e. The fraction of sp³-hybridized carbons (Fsp3) is 0.533. The summed E-state index contributed by atoms with van der Waals surface area (Å²) in [4.78, 5) is 4.58. The monoisotopic (exact) mass is 314 g/mol. The van der Waals surface area contributed by atoms with E-state index in [1.54, 1.807) is 0 Å². The van der Waals surface area contributed by atoms with Crippen LogP contribution in [0.5, 0.6) is 0 Å². The van der Waals surface area contributed by atoms with Gasteiger partial charge in [-0.2, -0.15) is 0 Å². The molecule has 0 aliphatic heterocycles. The smallest absolute Gasteiger partial charge is 0.127 e. The molecule has 0 fully saturated rings. The van der Waals surface area contributed by atoms with Gasteiger partial charge in [0, 0.05) is 18.2 Å². The van der Waals surface area contributed by atoms with Crippen molar-refractivity contribution in [2.24, 2.45) is 5.92 Å². The Hall–Kier alpha value is -0.770. The first-order valence-electron chi connectivity index (χ1n) is 6.86. The summed E-state index contributed by atoms with van der Waals surface area (Å²) < 4.78 is 7.75. The lowest BCUT2D eigenvalue weighted by atomic mass is 10.2. The van der Waals surface area contributed by atoms with Crippen molar-refractivity contribution in [1.29, 1.82) is 0 Å². The van der Waals surface area contributed by atoms with Gasteiger partial charge in [0.05, 0.1) is 23.0 Å². The Morgan fingerprint density at radius 1 is 1.30 bits per heavy atom. The molecule has 0 radical (unpaired) electrons. The highest BCUT2D eigenvalue weighted by Gasteiger charge is 2.15. The Kier molecular flexibility index (Phi) is 5.30. The molecule has 0 aliphatic carbocycles. The number of rotatable bonds is 6. The van der Waals surface area contributed by atoms with Gasteiger partial charge in [-0.1, -0.05) is 25.4 Å². The SMILES string of the molecule is CC(C)COCCn1c(C(C)Cl)nc2ccc(Cl)cc21. The van der Waals surface area contributed by atoms with Crippen molar-refractivity contribution in [2.45, 2.75) is 32.7 Å². The summed E-state index contributed by atoms with van der Waals surface area (Å²) in [6.07, 6.45) is 0. The quantitative estimate of drug-likeness (QED) is 0.572. The maximum atomic E-state index is 6.23. The Labute approximate surface area is 129 Å². The molecule has 1 atom stereocenters. The fourth-order valence-electron chi connectivity index (χ4n) is 2.13. The van der Waals surface area contributed by atoms with E-state index in [0.717, 1.165) is 30.0 Å². The molecule has 0 aliphatic rings. The van der Waals surface area contributed by atoms with Crippen LogP contribution >= 0.6 is 23.2 Å². The molecule has 1 heterocycles. The third kappa shape index (κ3) is 3.66. The first-order valence-corrected chi connectivity index (χ1v) is 7.68. The first kappa shape index (κ1) is 15.6. The number of alkyl halides is 1. The molecule has 5 heteroatoms. The summed E-state index contributed by atoms with van der Waals surface area (Å²) in [5.41, 5.74) is 1.92. The summed E-state index contributed by atoms with van der Waals surface area (Å²) in [6, 6.07) is 5.69. The zero-order valence-corrected chi connectivity index (χ0v) is 13.6. The lowest BCUT2D eigenvalue weighted by Crippen LogP contribution is -2.12. The molecule has 0 bridgehead atoms. The number of imidazole rings is 1. The van der Waals surface area contributed by atoms with Crippen LogP contribution in [-0.2, 0) is 11.3 Å². The van der Waals surface area contributed by atoms with Crippen LogP contribution in [0.4, 0.5) is 0 Å². The highest BCUT2D eigenvalue weighted by atomic mass is 35.5. The van der Waals surface area contributed by atoms with Gasteiger partial charge < -0.3 is 9.30 Å². The lowest BCUT2D eigenvalue weighted by molar-refractivity contribution is 0.103. The third-order valence-electron chi connectivity index (χ3n) is 3.01. The third-order valence-corrected chi connectivity index (χ3v) is 3.44. The van der Waals surface area contributed by atoms with Crippen LogP contribution in [0.2, 0.25) is 5.02 Å². The van der Waals surface area contributed by atoms with Crippen molar-refractivity contribution >= 4 is 34.2 Å². The number of nitrogens with zero attached hydrogens (tertiary/aromatic N) is 2. The Morgan fingerprint density at radius 2 is 2.05 bits per heavy atom. The lowest BCUT2D eigenvalue weighted by Gasteiger charge is -2.12. The van der Waals surface area contributed by atoms with E-state index in [1.807, 2.05) is 25.1 Å². The summed E-state index contributed by atoms with van der Waals surface area (Å²) in [5.74, 6) is 1.40. The summed E-state index contributed by atoms with van der Waals surface area (Å²) >= 11 is 12.3. The van der Waals surface area contributed by atoms with E-state index >= 15 is 0 Å². The van der Waals surface area contributed by atoms with Crippen LogP contribution in [0.3, 0.4) is 0 Å². The average Bonchev–Trinajstić information content (AvgIpc) is 2.73. The molecule has 110 valence electrons. The maximum absolute atomic E-state index is 6.23. The van der Waals surface area contributed by atoms with Crippen molar-refractivity contribution in [2.75, 3.05) is 13.2 Å². The van der Waals surface area contributed by atoms with E-state index in [9.17, 15) is 0 Å². The summed E-state index contributed by atoms with van der Waals surface area (Å²) in [5, 5.41) is 0.557. The topological polar surface area (TPSA) is 27.1 Å². The molecule has 0 saturated heterocycles. The van der Waals surface area contributed by atoms with Gasteiger partial charge in [0.2, 0.25) is 0 Å². The highest BCUT2D eigenvalue weighted by molar-refractivity contribution is 6.31. The van der Waals surface area contributed by atoms with Gasteiger partial charge in [-0.3, -0.25) is 0 Å². The Bertz CT molecular complexity index is 579. The van der Waals surface area contributed by atoms with Crippen LogP contribution in [0.1, 0.15) is 32.0 Å². The van der Waals surface area contributed by atoms with E-state index in [-0.39, 0.29) is 5.38 Å². The molecule has 20 heavy (non-hydrogen) atoms. The van der Waals surface area contributed by atoms with Gasteiger partial charge in [0.15, 0.2) is 0 Å². The standard InChI is InChI=1S/C15H20Cl2N2O/c1-10(2)9-20-7-6-19-14-8-12(17)4-5-13(14)18-15(19)11(3)16/h4-5,8,10-11H,6-7,9H2,1-3H3. The molecule has 1 unspecified atom stereocenters. The number of hydrogen-bond acceptors (Lipinski definition) is 2. The molecule has 3 nitrogen and oxygen atoms in total. The normalized spacial score (nSPS) is 13.3. The van der Waals surface area contributed by atoms with Gasteiger partial charge in [-0.25, -0.2) is 4.98 Å². The van der Waals surface area contributed by atoms with Crippen LogP contribution in [0, 0.1) is 5.92 Å². The predicted octanol–water partition coefficient (Wildman–Crippen LogP) is 4.66. The molecular formula is C15H20Cl2N2O. The molecule has 1 aromatic heterocycles. The molecule has 0 N–H and O–H groups in total. The van der Waals surface area contributed by atoms with Crippen molar-refractivity contribution in [3.63, 3.8) is 0 Å². The summed E-state index contributed by atoms with van der Waals surface area (Å²) in [6.45, 7) is 8.34. The van der Waals surface area contributed by atoms with Gasteiger partial charge in [0.1, 0.15) is 5.82 Å². The van der Waals surface area contributed by atoms with Crippen molar-refractivity contribution in [3.05, 3.63) is 29.0 Å². The average molecular weight is 315 g/mol. The molecular weight excluding hydrogens is 295 g/mol. The van der Waals surface area contributed by atoms with Gasteiger partial charge in [-0.05, 0) is 31.0 Å². The maximum Gasteiger partial charge on any atom is 0.127 e. The van der Waals surface area contributed by atoms with Crippen molar-refractivity contribution in [3.8, 4) is 0 Å². The Balaban J connectivity index is 2.24. The van der Waals surface area contributed by atoms with Gasteiger partial charge >= 0.3 is 0 Å². The van der Waals surface area contributed by atoms with Gasteiger partial charge in [-0.15, -0.1) is 11.6 Å². The number of benzene rings is 1. The predicted molar refractivity (Wildman–Crippen MR) is 84.7 cm³/mol. The minimum absolute atomic E-state index is 0.147. The molecule has 0 spiro atoms. The first-order chi connectivity index (χ1) is 9.49. The number of halogens is 2. The molecule has 1 aromatic carbocycles. The Morgan fingerprint density at radius 3 is 2.70 bits per heavy atom. The second-order valence-electron chi connectivity index (χ2n) is 5.34.